The number of fused-ring (bicyclic) bond motifs is 1. The summed E-state index contributed by atoms with van der Waals surface area (Å²) in [5.41, 5.74) is 2.34. The third kappa shape index (κ3) is 6.62. The van der Waals surface area contributed by atoms with Crippen LogP contribution in [0, 0.1) is 5.82 Å². The summed E-state index contributed by atoms with van der Waals surface area (Å²) in [7, 11) is 0. The summed E-state index contributed by atoms with van der Waals surface area (Å²) in [6.45, 7) is 7.66. The van der Waals surface area contributed by atoms with E-state index in [1.165, 1.54) is 12.4 Å². The molecule has 2 N–H and O–H groups in total. The van der Waals surface area contributed by atoms with Crippen molar-refractivity contribution >= 4 is 5.82 Å². The van der Waals surface area contributed by atoms with Crippen molar-refractivity contribution in [3.8, 4) is 5.75 Å². The SMILES string of the molecule is C[C@@H]1C[C@@H](O)c2ncnc(N3CCN(C[C@H](CN4CCC(O)CC4)c4ccc(OC(F)(F)F)c(F)c4)CC3)c21. The summed E-state index contributed by atoms with van der Waals surface area (Å²) < 4.78 is 56.4. The van der Waals surface area contributed by atoms with E-state index < -0.39 is 24.0 Å². The number of hydrogen-bond acceptors (Lipinski definition) is 8. The normalized spacial score (nSPS) is 24.1. The van der Waals surface area contributed by atoms with E-state index in [1.54, 1.807) is 0 Å². The lowest BCUT2D eigenvalue weighted by molar-refractivity contribution is -0.275. The van der Waals surface area contributed by atoms with Gasteiger partial charge in [-0.05, 0) is 42.9 Å². The van der Waals surface area contributed by atoms with Gasteiger partial charge >= 0.3 is 6.36 Å². The maximum absolute atomic E-state index is 14.6. The van der Waals surface area contributed by atoms with E-state index in [-0.39, 0.29) is 17.9 Å². The minimum Gasteiger partial charge on any atom is -0.403 e. The Morgan fingerprint density at radius 3 is 2.31 bits per heavy atom. The van der Waals surface area contributed by atoms with E-state index in [1.807, 2.05) is 0 Å². The third-order valence-electron chi connectivity index (χ3n) is 8.12. The summed E-state index contributed by atoms with van der Waals surface area (Å²) in [5.74, 6) is -0.968. The number of alkyl halides is 3. The molecular weight excluding hydrogens is 518 g/mol. The molecule has 12 heteroatoms. The molecule has 2 fully saturated rings. The lowest BCUT2D eigenvalue weighted by Crippen LogP contribution is -2.49. The van der Waals surface area contributed by atoms with E-state index in [4.69, 9.17) is 0 Å². The topological polar surface area (TPSA) is 85.2 Å². The third-order valence-corrected chi connectivity index (χ3v) is 8.12. The lowest BCUT2D eigenvalue weighted by atomic mass is 9.95. The van der Waals surface area contributed by atoms with Crippen molar-refractivity contribution in [2.45, 2.75) is 56.6 Å². The Balaban J connectivity index is 1.28. The molecule has 2 aliphatic heterocycles. The zero-order valence-corrected chi connectivity index (χ0v) is 21.9. The van der Waals surface area contributed by atoms with Gasteiger partial charge in [-0.3, -0.25) is 4.90 Å². The molecule has 0 radical (unpaired) electrons. The number of anilines is 1. The van der Waals surface area contributed by atoms with Gasteiger partial charge < -0.3 is 24.7 Å². The van der Waals surface area contributed by atoms with Gasteiger partial charge in [0.25, 0.3) is 0 Å². The Morgan fingerprint density at radius 1 is 1.00 bits per heavy atom. The van der Waals surface area contributed by atoms with Gasteiger partial charge in [-0.25, -0.2) is 14.4 Å². The maximum atomic E-state index is 14.6. The molecule has 5 rings (SSSR count). The van der Waals surface area contributed by atoms with Gasteiger partial charge in [0.05, 0.1) is 17.9 Å². The van der Waals surface area contributed by atoms with Crippen molar-refractivity contribution in [3.63, 3.8) is 0 Å². The van der Waals surface area contributed by atoms with Gasteiger partial charge in [0.1, 0.15) is 12.1 Å². The standard InChI is InChI=1S/C27H35F4N5O3/c1-17-12-22(38)25-24(17)26(33-16-32-25)36-10-8-35(9-11-36)15-19(14-34-6-4-20(37)5-7-34)18-2-3-23(21(28)13-18)39-27(29,30)31/h2-3,13,16-17,19-20,22,37-38H,4-12,14-15H2,1H3/t17-,19+,22-/m1/s1. The zero-order chi connectivity index (χ0) is 27.7. The fraction of sp³-hybridized carbons (Fsp3) is 0.630. The molecule has 0 bridgehead atoms. The number of nitrogens with zero attached hydrogens (tertiary/aromatic N) is 5. The van der Waals surface area contributed by atoms with Gasteiger partial charge in [-0.15, -0.1) is 13.2 Å². The number of piperidine rings is 1. The van der Waals surface area contributed by atoms with Crippen LogP contribution in [0.5, 0.6) is 5.75 Å². The van der Waals surface area contributed by atoms with Crippen LogP contribution in [-0.4, -0.2) is 94.8 Å². The molecule has 2 saturated heterocycles. The molecule has 1 aromatic carbocycles. The number of aliphatic hydroxyl groups excluding tert-OH is 2. The molecule has 0 amide bonds. The second-order valence-electron chi connectivity index (χ2n) is 10.9. The Labute approximate surface area is 225 Å². The molecule has 0 unspecified atom stereocenters. The number of rotatable bonds is 7. The first-order chi connectivity index (χ1) is 18.6. The van der Waals surface area contributed by atoms with Crippen LogP contribution in [0.15, 0.2) is 24.5 Å². The fourth-order valence-corrected chi connectivity index (χ4v) is 6.07. The first kappa shape index (κ1) is 28.0. The van der Waals surface area contributed by atoms with Gasteiger partial charge in [-0.1, -0.05) is 13.0 Å². The number of likely N-dealkylation sites (tertiary alicyclic amines) is 1. The smallest absolute Gasteiger partial charge is 0.403 e. The summed E-state index contributed by atoms with van der Waals surface area (Å²) in [5, 5.41) is 20.2. The molecule has 0 spiro atoms. The van der Waals surface area contributed by atoms with Gasteiger partial charge in [0.2, 0.25) is 0 Å². The molecule has 39 heavy (non-hydrogen) atoms. The zero-order valence-electron chi connectivity index (χ0n) is 21.9. The van der Waals surface area contributed by atoms with E-state index in [0.29, 0.717) is 56.7 Å². The number of halogens is 4. The van der Waals surface area contributed by atoms with Crippen LogP contribution in [-0.2, 0) is 0 Å². The Kier molecular flexibility index (Phi) is 8.27. The highest BCUT2D eigenvalue weighted by Gasteiger charge is 2.35. The molecule has 3 aliphatic rings. The minimum atomic E-state index is -4.96. The molecule has 3 heterocycles. The number of ether oxygens (including phenoxy) is 1. The second kappa shape index (κ2) is 11.5. The van der Waals surface area contributed by atoms with Crippen molar-refractivity contribution in [1.82, 2.24) is 19.8 Å². The van der Waals surface area contributed by atoms with Crippen molar-refractivity contribution in [3.05, 3.63) is 47.2 Å². The van der Waals surface area contributed by atoms with E-state index >= 15 is 0 Å². The number of piperazine rings is 1. The van der Waals surface area contributed by atoms with Crippen molar-refractivity contribution in [1.29, 1.82) is 0 Å². The van der Waals surface area contributed by atoms with Crippen LogP contribution in [0.25, 0.3) is 0 Å². The molecule has 214 valence electrons. The van der Waals surface area contributed by atoms with Crippen LogP contribution < -0.4 is 9.64 Å². The van der Waals surface area contributed by atoms with Gasteiger partial charge in [-0.2, -0.15) is 0 Å². The van der Waals surface area contributed by atoms with Crippen LogP contribution in [0.3, 0.4) is 0 Å². The van der Waals surface area contributed by atoms with Crippen molar-refractivity contribution in [2.75, 3.05) is 57.3 Å². The Hall–Kier alpha value is -2.54. The molecule has 8 nitrogen and oxygen atoms in total. The summed E-state index contributed by atoms with van der Waals surface area (Å²) in [4.78, 5) is 15.6. The molecule has 1 aromatic heterocycles. The highest BCUT2D eigenvalue weighted by atomic mass is 19.4. The monoisotopic (exact) mass is 553 g/mol. The number of benzene rings is 1. The molecule has 1 aliphatic carbocycles. The quantitative estimate of drug-likeness (QED) is 0.505. The minimum absolute atomic E-state index is 0.139. The first-order valence-corrected chi connectivity index (χ1v) is 13.5. The van der Waals surface area contributed by atoms with Gasteiger partial charge in [0, 0.05) is 63.8 Å². The average Bonchev–Trinajstić information content (AvgIpc) is 3.19. The molecule has 0 saturated carbocycles. The van der Waals surface area contributed by atoms with Crippen LogP contribution >= 0.6 is 0 Å². The summed E-state index contributed by atoms with van der Waals surface area (Å²) >= 11 is 0. The highest BCUT2D eigenvalue weighted by Crippen LogP contribution is 2.43. The predicted octanol–water partition coefficient (Wildman–Crippen LogP) is 3.42. The Bertz CT molecular complexity index is 1140. The molecule has 2 aromatic rings. The van der Waals surface area contributed by atoms with E-state index in [9.17, 15) is 27.8 Å². The highest BCUT2D eigenvalue weighted by molar-refractivity contribution is 5.53. The number of aliphatic hydroxyl groups is 2. The van der Waals surface area contributed by atoms with Gasteiger partial charge in [0.15, 0.2) is 11.6 Å². The number of aromatic nitrogens is 2. The molecule has 3 atom stereocenters. The van der Waals surface area contributed by atoms with Crippen molar-refractivity contribution < 1.29 is 32.5 Å². The van der Waals surface area contributed by atoms with Crippen molar-refractivity contribution in [2.24, 2.45) is 0 Å². The summed E-state index contributed by atoms with van der Waals surface area (Å²) in [6.07, 6.45) is -2.38. The fourth-order valence-electron chi connectivity index (χ4n) is 6.07. The van der Waals surface area contributed by atoms with Crippen LogP contribution in [0.1, 0.15) is 60.9 Å². The number of hydrogen-bond donors (Lipinski definition) is 2. The van der Waals surface area contributed by atoms with E-state index in [2.05, 4.69) is 36.3 Å². The lowest BCUT2D eigenvalue weighted by Gasteiger charge is -2.39. The second-order valence-corrected chi connectivity index (χ2v) is 10.9. The van der Waals surface area contributed by atoms with Crippen LogP contribution in [0.4, 0.5) is 23.4 Å². The molecular formula is C27H35F4N5O3. The van der Waals surface area contributed by atoms with Crippen LogP contribution in [0.2, 0.25) is 0 Å². The Morgan fingerprint density at radius 2 is 1.67 bits per heavy atom. The summed E-state index contributed by atoms with van der Waals surface area (Å²) in [6, 6.07) is 3.72. The largest absolute Gasteiger partial charge is 0.573 e. The van der Waals surface area contributed by atoms with E-state index in [0.717, 1.165) is 49.7 Å². The predicted molar refractivity (Wildman–Crippen MR) is 136 cm³/mol. The average molecular weight is 554 g/mol. The first-order valence-electron chi connectivity index (χ1n) is 13.5. The maximum Gasteiger partial charge on any atom is 0.573 e.